The molecule has 1 aromatic carbocycles. The van der Waals surface area contributed by atoms with Crippen molar-refractivity contribution in [1.82, 2.24) is 4.90 Å². The number of esters is 1. The van der Waals surface area contributed by atoms with Gasteiger partial charge in [-0.1, -0.05) is 30.0 Å². The van der Waals surface area contributed by atoms with Crippen LogP contribution in [0, 0.1) is 11.8 Å². The molecule has 0 aliphatic rings. The molecule has 0 radical (unpaired) electrons. The maximum absolute atomic E-state index is 10.9. The van der Waals surface area contributed by atoms with Crippen molar-refractivity contribution in [2.75, 3.05) is 27.2 Å². The zero-order valence-electron chi connectivity index (χ0n) is 9.56. The minimum Gasteiger partial charge on any atom is -0.468 e. The molecule has 0 spiro atoms. The Morgan fingerprint density at radius 2 is 2.06 bits per heavy atom. The Morgan fingerprint density at radius 1 is 1.38 bits per heavy atom. The van der Waals surface area contributed by atoms with Crippen molar-refractivity contribution in [3.8, 4) is 11.8 Å². The van der Waals surface area contributed by atoms with E-state index in [4.69, 9.17) is 0 Å². The van der Waals surface area contributed by atoms with Crippen molar-refractivity contribution >= 4 is 5.97 Å². The van der Waals surface area contributed by atoms with Gasteiger partial charge in [-0.2, -0.15) is 0 Å². The van der Waals surface area contributed by atoms with Crippen molar-refractivity contribution in [3.05, 3.63) is 35.9 Å². The maximum atomic E-state index is 10.9. The summed E-state index contributed by atoms with van der Waals surface area (Å²) in [4.78, 5) is 12.8. The second-order valence-electron chi connectivity index (χ2n) is 3.42. The molecular formula is C13H15NO2. The summed E-state index contributed by atoms with van der Waals surface area (Å²) in [6.07, 6.45) is 0. The van der Waals surface area contributed by atoms with E-state index >= 15 is 0 Å². The molecule has 16 heavy (non-hydrogen) atoms. The van der Waals surface area contributed by atoms with Crippen LogP contribution in [0.4, 0.5) is 0 Å². The van der Waals surface area contributed by atoms with E-state index in [1.54, 1.807) is 0 Å². The number of hydrogen-bond acceptors (Lipinski definition) is 3. The van der Waals surface area contributed by atoms with E-state index in [1.165, 1.54) is 7.11 Å². The molecule has 0 saturated carbocycles. The fourth-order valence-electron chi connectivity index (χ4n) is 1.14. The molecule has 1 rings (SSSR count). The first-order valence-corrected chi connectivity index (χ1v) is 5.01. The summed E-state index contributed by atoms with van der Waals surface area (Å²) in [5, 5.41) is 0. The first-order chi connectivity index (χ1) is 7.72. The highest BCUT2D eigenvalue weighted by atomic mass is 16.5. The molecule has 0 N–H and O–H groups in total. The number of rotatable bonds is 3. The number of nitrogens with zero attached hydrogens (tertiary/aromatic N) is 1. The average Bonchev–Trinajstić information content (AvgIpc) is 2.30. The highest BCUT2D eigenvalue weighted by Gasteiger charge is 2.03. The van der Waals surface area contributed by atoms with Gasteiger partial charge in [0.05, 0.1) is 20.2 Å². The van der Waals surface area contributed by atoms with Gasteiger partial charge < -0.3 is 4.74 Å². The van der Waals surface area contributed by atoms with Crippen LogP contribution in [0.15, 0.2) is 30.3 Å². The lowest BCUT2D eigenvalue weighted by atomic mass is 10.2. The van der Waals surface area contributed by atoms with E-state index in [0.717, 1.165) is 5.56 Å². The van der Waals surface area contributed by atoms with Crippen molar-refractivity contribution in [2.24, 2.45) is 0 Å². The van der Waals surface area contributed by atoms with Gasteiger partial charge in [0, 0.05) is 5.56 Å². The molecule has 0 aliphatic carbocycles. The topological polar surface area (TPSA) is 29.5 Å². The summed E-state index contributed by atoms with van der Waals surface area (Å²) >= 11 is 0. The predicted octanol–water partition coefficient (Wildman–Crippen LogP) is 1.14. The number of carbonyl (C=O) groups excluding carboxylic acids is 1. The van der Waals surface area contributed by atoms with Gasteiger partial charge in [0.1, 0.15) is 0 Å². The molecule has 0 saturated heterocycles. The average molecular weight is 217 g/mol. The number of carbonyl (C=O) groups is 1. The number of benzene rings is 1. The Bertz CT molecular complexity index is 389. The number of methoxy groups -OCH3 is 1. The van der Waals surface area contributed by atoms with E-state index in [-0.39, 0.29) is 12.5 Å². The van der Waals surface area contributed by atoms with E-state index in [1.807, 2.05) is 42.3 Å². The fraction of sp³-hybridized carbons (Fsp3) is 0.308. The molecule has 0 atom stereocenters. The number of hydrogen-bond donors (Lipinski definition) is 0. The Balaban J connectivity index is 2.40. The third-order valence-electron chi connectivity index (χ3n) is 1.98. The summed E-state index contributed by atoms with van der Waals surface area (Å²) in [5.41, 5.74) is 0.981. The van der Waals surface area contributed by atoms with Gasteiger partial charge in [0.15, 0.2) is 0 Å². The standard InChI is InChI=1S/C13H15NO2/c1-14(11-13(15)16-2)10-6-9-12-7-4-3-5-8-12/h3-5,7-8H,10-11H2,1-2H3. The number of likely N-dealkylation sites (N-methyl/N-ethyl adjacent to an activating group) is 1. The van der Waals surface area contributed by atoms with E-state index in [0.29, 0.717) is 6.54 Å². The summed E-state index contributed by atoms with van der Waals surface area (Å²) in [7, 11) is 3.21. The lowest BCUT2D eigenvalue weighted by Gasteiger charge is -2.10. The lowest BCUT2D eigenvalue weighted by molar-refractivity contribution is -0.141. The molecule has 0 unspecified atom stereocenters. The van der Waals surface area contributed by atoms with Crippen LogP contribution >= 0.6 is 0 Å². The molecule has 0 aliphatic heterocycles. The molecule has 0 fully saturated rings. The molecule has 0 amide bonds. The lowest BCUT2D eigenvalue weighted by Crippen LogP contribution is -2.26. The van der Waals surface area contributed by atoms with Gasteiger partial charge in [0.25, 0.3) is 0 Å². The Kier molecular flexibility index (Phi) is 5.10. The minimum absolute atomic E-state index is 0.246. The zero-order valence-corrected chi connectivity index (χ0v) is 9.56. The third-order valence-corrected chi connectivity index (χ3v) is 1.98. The van der Waals surface area contributed by atoms with Gasteiger partial charge in [0.2, 0.25) is 0 Å². The van der Waals surface area contributed by atoms with Gasteiger partial charge in [-0.25, -0.2) is 0 Å². The Hall–Kier alpha value is -1.79. The summed E-state index contributed by atoms with van der Waals surface area (Å²) < 4.78 is 4.56. The van der Waals surface area contributed by atoms with Crippen LogP contribution in [0.3, 0.4) is 0 Å². The number of ether oxygens (including phenoxy) is 1. The van der Waals surface area contributed by atoms with E-state index in [2.05, 4.69) is 16.6 Å². The second kappa shape index (κ2) is 6.65. The minimum atomic E-state index is -0.246. The Morgan fingerprint density at radius 3 is 2.69 bits per heavy atom. The van der Waals surface area contributed by atoms with Crippen LogP contribution in [-0.2, 0) is 9.53 Å². The predicted molar refractivity (Wildman–Crippen MR) is 62.8 cm³/mol. The van der Waals surface area contributed by atoms with Crippen molar-refractivity contribution in [2.45, 2.75) is 0 Å². The monoisotopic (exact) mass is 217 g/mol. The van der Waals surface area contributed by atoms with Crippen molar-refractivity contribution < 1.29 is 9.53 Å². The summed E-state index contributed by atoms with van der Waals surface area (Å²) in [6, 6.07) is 9.75. The SMILES string of the molecule is COC(=O)CN(C)CC#Cc1ccccc1. The third kappa shape index (κ3) is 4.63. The van der Waals surface area contributed by atoms with Gasteiger partial charge >= 0.3 is 5.97 Å². The van der Waals surface area contributed by atoms with Gasteiger partial charge in [-0.15, -0.1) is 0 Å². The zero-order chi connectivity index (χ0) is 11.8. The largest absolute Gasteiger partial charge is 0.468 e. The van der Waals surface area contributed by atoms with Gasteiger partial charge in [-0.3, -0.25) is 9.69 Å². The molecule has 0 heterocycles. The molecule has 3 nitrogen and oxygen atoms in total. The van der Waals surface area contributed by atoms with Crippen LogP contribution in [-0.4, -0.2) is 38.1 Å². The highest BCUT2D eigenvalue weighted by molar-refractivity contribution is 5.71. The van der Waals surface area contributed by atoms with Crippen LogP contribution in [0.1, 0.15) is 5.56 Å². The molecule has 0 aromatic heterocycles. The quantitative estimate of drug-likeness (QED) is 0.562. The molecule has 84 valence electrons. The van der Waals surface area contributed by atoms with Crippen molar-refractivity contribution in [3.63, 3.8) is 0 Å². The van der Waals surface area contributed by atoms with Gasteiger partial charge in [-0.05, 0) is 19.2 Å². The van der Waals surface area contributed by atoms with Crippen LogP contribution < -0.4 is 0 Å². The summed E-state index contributed by atoms with van der Waals surface area (Å²) in [5.74, 6) is 5.78. The first-order valence-electron chi connectivity index (χ1n) is 5.01. The van der Waals surface area contributed by atoms with Crippen LogP contribution in [0.25, 0.3) is 0 Å². The van der Waals surface area contributed by atoms with Crippen molar-refractivity contribution in [1.29, 1.82) is 0 Å². The summed E-state index contributed by atoms with van der Waals surface area (Å²) in [6.45, 7) is 0.809. The highest BCUT2D eigenvalue weighted by Crippen LogP contribution is 1.94. The fourth-order valence-corrected chi connectivity index (χ4v) is 1.14. The molecular weight excluding hydrogens is 202 g/mol. The molecule has 1 aromatic rings. The normalized spacial score (nSPS) is 9.44. The van der Waals surface area contributed by atoms with E-state index < -0.39 is 0 Å². The smallest absolute Gasteiger partial charge is 0.319 e. The first kappa shape index (κ1) is 12.3. The molecule has 3 heteroatoms. The van der Waals surface area contributed by atoms with Crippen LogP contribution in [0.2, 0.25) is 0 Å². The molecule has 0 bridgehead atoms. The van der Waals surface area contributed by atoms with E-state index in [9.17, 15) is 4.79 Å². The van der Waals surface area contributed by atoms with Crippen LogP contribution in [0.5, 0.6) is 0 Å². The second-order valence-corrected chi connectivity index (χ2v) is 3.42. The Labute approximate surface area is 96.0 Å². The maximum Gasteiger partial charge on any atom is 0.319 e.